The van der Waals surface area contributed by atoms with Crippen molar-refractivity contribution >= 4 is 21.4 Å². The van der Waals surface area contributed by atoms with E-state index in [0.717, 1.165) is 15.6 Å². The van der Waals surface area contributed by atoms with Crippen LogP contribution in [-0.2, 0) is 6.18 Å². The second-order valence-electron chi connectivity index (χ2n) is 3.91. The van der Waals surface area contributed by atoms with Crippen molar-refractivity contribution in [3.63, 3.8) is 0 Å². The molecule has 0 aliphatic heterocycles. The summed E-state index contributed by atoms with van der Waals surface area (Å²) < 4.78 is 38.5. The molecule has 0 spiro atoms. The van der Waals surface area contributed by atoms with Gasteiger partial charge in [0.15, 0.2) is 0 Å². The summed E-state index contributed by atoms with van der Waals surface area (Å²) in [5.74, 6) is 0. The van der Waals surface area contributed by atoms with Crippen molar-refractivity contribution < 1.29 is 13.2 Å². The van der Waals surface area contributed by atoms with Crippen LogP contribution >= 0.6 is 11.3 Å². The van der Waals surface area contributed by atoms with Gasteiger partial charge in [0, 0.05) is 15.6 Å². The molecule has 1 N–H and O–H groups in total. The van der Waals surface area contributed by atoms with Crippen molar-refractivity contribution in [2.45, 2.75) is 19.1 Å². The van der Waals surface area contributed by atoms with Gasteiger partial charge in [-0.15, -0.1) is 11.3 Å². The predicted octanol–water partition coefficient (Wildman–Crippen LogP) is 4.20. The zero-order valence-corrected chi connectivity index (χ0v) is 10.2. The number of alkyl halides is 3. The Morgan fingerprint density at radius 2 is 1.94 bits per heavy atom. The van der Waals surface area contributed by atoms with Crippen LogP contribution in [0.3, 0.4) is 0 Å². The normalized spacial score (nSPS) is 14.2. The predicted molar refractivity (Wildman–Crippen MR) is 64.3 cm³/mol. The van der Waals surface area contributed by atoms with Gasteiger partial charge in [0.2, 0.25) is 0 Å². The Morgan fingerprint density at radius 1 is 1.24 bits per heavy atom. The minimum Gasteiger partial charge on any atom is -0.313 e. The molecule has 0 saturated heterocycles. The highest BCUT2D eigenvalue weighted by atomic mass is 32.1. The summed E-state index contributed by atoms with van der Waals surface area (Å²) in [5.41, 5.74) is -0.591. The third-order valence-corrected chi connectivity index (χ3v) is 4.02. The Morgan fingerprint density at radius 3 is 2.53 bits per heavy atom. The van der Waals surface area contributed by atoms with Gasteiger partial charge in [-0.25, -0.2) is 0 Å². The maximum absolute atomic E-state index is 12.5. The standard InChI is InChI=1S/C12H12F3NS/c1-7(16-2)11-6-8-5-9(12(13,14)15)3-4-10(8)17-11/h3-7,16H,1-2H3. The molecule has 1 aromatic heterocycles. The summed E-state index contributed by atoms with van der Waals surface area (Å²) in [6.45, 7) is 1.98. The molecular weight excluding hydrogens is 247 g/mol. The first-order chi connectivity index (χ1) is 7.91. The summed E-state index contributed by atoms with van der Waals surface area (Å²) in [6, 6.07) is 5.84. The number of halogens is 3. The third kappa shape index (κ3) is 2.45. The molecule has 0 bridgehead atoms. The van der Waals surface area contributed by atoms with E-state index < -0.39 is 11.7 Å². The van der Waals surface area contributed by atoms with Gasteiger partial charge in [-0.1, -0.05) is 0 Å². The fourth-order valence-electron chi connectivity index (χ4n) is 1.60. The maximum atomic E-state index is 12.5. The molecule has 0 fully saturated rings. The van der Waals surface area contributed by atoms with Gasteiger partial charge in [-0.05, 0) is 43.6 Å². The maximum Gasteiger partial charge on any atom is 0.416 e. The van der Waals surface area contributed by atoms with Crippen molar-refractivity contribution in [3.05, 3.63) is 34.7 Å². The lowest BCUT2D eigenvalue weighted by molar-refractivity contribution is -0.137. The van der Waals surface area contributed by atoms with Crippen LogP contribution in [0.5, 0.6) is 0 Å². The molecule has 1 nitrogen and oxygen atoms in total. The van der Waals surface area contributed by atoms with Gasteiger partial charge in [0.1, 0.15) is 0 Å². The van der Waals surface area contributed by atoms with Gasteiger partial charge in [-0.2, -0.15) is 13.2 Å². The molecule has 1 unspecified atom stereocenters. The lowest BCUT2D eigenvalue weighted by Gasteiger charge is -2.05. The molecule has 17 heavy (non-hydrogen) atoms. The highest BCUT2D eigenvalue weighted by molar-refractivity contribution is 7.19. The second-order valence-corrected chi connectivity index (χ2v) is 5.02. The molecule has 1 aromatic carbocycles. The van der Waals surface area contributed by atoms with Crippen LogP contribution in [0.2, 0.25) is 0 Å². The molecule has 5 heteroatoms. The molecule has 92 valence electrons. The molecule has 0 aliphatic carbocycles. The van der Waals surface area contributed by atoms with Crippen LogP contribution in [0.4, 0.5) is 13.2 Å². The smallest absolute Gasteiger partial charge is 0.313 e. The van der Waals surface area contributed by atoms with E-state index in [1.54, 1.807) is 0 Å². The average molecular weight is 259 g/mol. The fraction of sp³-hybridized carbons (Fsp3) is 0.333. The summed E-state index contributed by atoms with van der Waals surface area (Å²) in [6.07, 6.45) is -4.27. The first-order valence-electron chi connectivity index (χ1n) is 5.20. The number of hydrogen-bond donors (Lipinski definition) is 1. The van der Waals surface area contributed by atoms with Crippen molar-refractivity contribution in [2.75, 3.05) is 7.05 Å². The number of fused-ring (bicyclic) bond motifs is 1. The van der Waals surface area contributed by atoms with E-state index in [0.29, 0.717) is 5.39 Å². The molecule has 0 amide bonds. The Hall–Kier alpha value is -1.07. The van der Waals surface area contributed by atoms with Gasteiger partial charge in [-0.3, -0.25) is 0 Å². The Bertz CT molecular complexity index is 530. The van der Waals surface area contributed by atoms with E-state index in [-0.39, 0.29) is 6.04 Å². The van der Waals surface area contributed by atoms with E-state index in [1.165, 1.54) is 23.5 Å². The van der Waals surface area contributed by atoms with Crippen LogP contribution in [0, 0.1) is 0 Å². The number of benzene rings is 1. The minimum atomic E-state index is -4.27. The molecule has 0 radical (unpaired) electrons. The van der Waals surface area contributed by atoms with Crippen molar-refractivity contribution in [2.24, 2.45) is 0 Å². The quantitative estimate of drug-likeness (QED) is 0.852. The summed E-state index contributed by atoms with van der Waals surface area (Å²) in [4.78, 5) is 1.04. The van der Waals surface area contributed by atoms with Crippen LogP contribution in [0.1, 0.15) is 23.4 Å². The third-order valence-electron chi connectivity index (χ3n) is 2.72. The van der Waals surface area contributed by atoms with Crippen molar-refractivity contribution in [1.29, 1.82) is 0 Å². The zero-order chi connectivity index (χ0) is 12.6. The van der Waals surface area contributed by atoms with E-state index in [1.807, 2.05) is 20.0 Å². The lowest BCUT2D eigenvalue weighted by atomic mass is 10.1. The molecule has 1 atom stereocenters. The molecule has 1 heterocycles. The van der Waals surface area contributed by atoms with Gasteiger partial charge in [0.05, 0.1) is 5.56 Å². The molecule has 0 aliphatic rings. The van der Waals surface area contributed by atoms with Crippen LogP contribution in [0.25, 0.3) is 10.1 Å². The molecule has 2 rings (SSSR count). The van der Waals surface area contributed by atoms with Gasteiger partial charge < -0.3 is 5.32 Å². The van der Waals surface area contributed by atoms with E-state index in [4.69, 9.17) is 0 Å². The van der Waals surface area contributed by atoms with E-state index in [9.17, 15) is 13.2 Å². The van der Waals surface area contributed by atoms with Crippen LogP contribution in [-0.4, -0.2) is 7.05 Å². The van der Waals surface area contributed by atoms with Gasteiger partial charge in [0.25, 0.3) is 0 Å². The average Bonchev–Trinajstić information content (AvgIpc) is 2.69. The molecular formula is C12H12F3NS. The molecule has 2 aromatic rings. The highest BCUT2D eigenvalue weighted by Gasteiger charge is 2.30. The summed E-state index contributed by atoms with van der Waals surface area (Å²) in [7, 11) is 1.83. The molecule has 0 saturated carbocycles. The largest absolute Gasteiger partial charge is 0.416 e. The summed E-state index contributed by atoms with van der Waals surface area (Å²) in [5, 5.41) is 3.73. The Labute approximate surface area is 101 Å². The Balaban J connectivity index is 2.48. The summed E-state index contributed by atoms with van der Waals surface area (Å²) >= 11 is 1.52. The number of rotatable bonds is 2. The monoisotopic (exact) mass is 259 g/mol. The second kappa shape index (κ2) is 4.31. The number of thiophene rings is 1. The van der Waals surface area contributed by atoms with Crippen LogP contribution in [0.15, 0.2) is 24.3 Å². The number of hydrogen-bond acceptors (Lipinski definition) is 2. The fourth-order valence-corrected chi connectivity index (χ4v) is 2.70. The van der Waals surface area contributed by atoms with E-state index in [2.05, 4.69) is 5.32 Å². The van der Waals surface area contributed by atoms with E-state index >= 15 is 0 Å². The van der Waals surface area contributed by atoms with Crippen LogP contribution < -0.4 is 5.32 Å². The Kier molecular flexibility index (Phi) is 3.14. The lowest BCUT2D eigenvalue weighted by Crippen LogP contribution is -2.10. The highest BCUT2D eigenvalue weighted by Crippen LogP contribution is 2.35. The topological polar surface area (TPSA) is 12.0 Å². The first-order valence-corrected chi connectivity index (χ1v) is 6.01. The van der Waals surface area contributed by atoms with Crippen molar-refractivity contribution in [1.82, 2.24) is 5.32 Å². The zero-order valence-electron chi connectivity index (χ0n) is 9.43. The first kappa shape index (κ1) is 12.4. The number of nitrogens with one attached hydrogen (secondary N) is 1. The minimum absolute atomic E-state index is 0.154. The SMILES string of the molecule is CNC(C)c1cc2cc(C(F)(F)F)ccc2s1. The van der Waals surface area contributed by atoms with Crippen molar-refractivity contribution in [3.8, 4) is 0 Å². The van der Waals surface area contributed by atoms with Gasteiger partial charge >= 0.3 is 6.18 Å².